The molecular weight excluding hydrogens is 290 g/mol. The molecule has 18 heavy (non-hydrogen) atoms. The van der Waals surface area contributed by atoms with Crippen molar-refractivity contribution in [3.63, 3.8) is 0 Å². The topological polar surface area (TPSA) is 32.3 Å². The molecule has 0 radical (unpaired) electrons. The lowest BCUT2D eigenvalue weighted by Gasteiger charge is -2.31. The van der Waals surface area contributed by atoms with Crippen molar-refractivity contribution < 1.29 is 5.11 Å². The first-order valence-electron chi connectivity index (χ1n) is 6.74. The van der Waals surface area contributed by atoms with Gasteiger partial charge in [-0.1, -0.05) is 35.8 Å². The zero-order valence-electron chi connectivity index (χ0n) is 11.1. The van der Waals surface area contributed by atoms with Crippen LogP contribution in [0.2, 0.25) is 0 Å². The molecule has 2 atom stereocenters. The largest absolute Gasteiger partial charge is 0.395 e. The summed E-state index contributed by atoms with van der Waals surface area (Å²) in [6.45, 7) is 4.53. The number of rotatable bonds is 4. The van der Waals surface area contributed by atoms with Crippen LogP contribution in [-0.2, 0) is 12.8 Å². The van der Waals surface area contributed by atoms with Crippen molar-refractivity contribution in [2.45, 2.75) is 45.2 Å². The van der Waals surface area contributed by atoms with E-state index in [0.717, 1.165) is 19.3 Å². The van der Waals surface area contributed by atoms with Crippen LogP contribution in [0.5, 0.6) is 0 Å². The van der Waals surface area contributed by atoms with Gasteiger partial charge in [0.05, 0.1) is 6.61 Å². The van der Waals surface area contributed by atoms with Gasteiger partial charge >= 0.3 is 0 Å². The van der Waals surface area contributed by atoms with Crippen LogP contribution in [-0.4, -0.2) is 23.8 Å². The molecule has 0 saturated carbocycles. The van der Waals surface area contributed by atoms with E-state index in [1.165, 1.54) is 15.6 Å². The Bertz CT molecular complexity index is 405. The van der Waals surface area contributed by atoms with Crippen molar-refractivity contribution in [1.82, 2.24) is 5.32 Å². The molecule has 2 rings (SSSR count). The van der Waals surface area contributed by atoms with Gasteiger partial charge in [-0.3, -0.25) is 0 Å². The number of aliphatic hydroxyl groups is 1. The summed E-state index contributed by atoms with van der Waals surface area (Å²) >= 11 is 3.53. The lowest BCUT2D eigenvalue weighted by atomic mass is 9.87. The number of nitrogens with one attached hydrogen (secondary N) is 1. The summed E-state index contributed by atoms with van der Waals surface area (Å²) < 4.78 is 1.17. The van der Waals surface area contributed by atoms with Crippen LogP contribution in [0.1, 0.15) is 31.4 Å². The van der Waals surface area contributed by atoms with E-state index in [0.29, 0.717) is 12.0 Å². The van der Waals surface area contributed by atoms with Crippen LogP contribution < -0.4 is 5.32 Å². The molecular formula is C15H22BrNO. The Morgan fingerprint density at radius 3 is 2.83 bits per heavy atom. The van der Waals surface area contributed by atoms with Crippen molar-refractivity contribution >= 4 is 15.9 Å². The Morgan fingerprint density at radius 2 is 2.17 bits per heavy atom. The Balaban J connectivity index is 2.01. The third kappa shape index (κ3) is 3.34. The molecule has 0 saturated heterocycles. The van der Waals surface area contributed by atoms with Crippen LogP contribution in [0.15, 0.2) is 22.7 Å². The molecule has 2 nitrogen and oxygen atoms in total. The molecule has 0 fully saturated rings. The first kappa shape index (κ1) is 14.0. The molecule has 0 aliphatic heterocycles. The van der Waals surface area contributed by atoms with Crippen LogP contribution >= 0.6 is 15.9 Å². The van der Waals surface area contributed by atoms with E-state index in [9.17, 15) is 5.11 Å². The molecule has 100 valence electrons. The highest BCUT2D eigenvalue weighted by Gasteiger charge is 2.22. The van der Waals surface area contributed by atoms with E-state index >= 15 is 0 Å². The molecule has 0 aromatic heterocycles. The van der Waals surface area contributed by atoms with E-state index < -0.39 is 0 Å². The maximum absolute atomic E-state index is 9.39. The second-order valence-electron chi connectivity index (χ2n) is 5.55. The van der Waals surface area contributed by atoms with Crippen LogP contribution in [0.3, 0.4) is 0 Å². The summed E-state index contributed by atoms with van der Waals surface area (Å²) in [5.41, 5.74) is 2.91. The smallest absolute Gasteiger partial charge is 0.0587 e. The maximum atomic E-state index is 9.39. The van der Waals surface area contributed by atoms with Crippen molar-refractivity contribution in [2.24, 2.45) is 5.92 Å². The quantitative estimate of drug-likeness (QED) is 0.896. The van der Waals surface area contributed by atoms with Gasteiger partial charge in [0, 0.05) is 16.6 Å². The molecule has 0 spiro atoms. The predicted molar refractivity (Wildman–Crippen MR) is 78.8 cm³/mol. The predicted octanol–water partition coefficient (Wildman–Crippen LogP) is 2.91. The fourth-order valence-corrected chi connectivity index (χ4v) is 3.03. The molecule has 3 heteroatoms. The van der Waals surface area contributed by atoms with Gasteiger partial charge in [-0.05, 0) is 48.4 Å². The van der Waals surface area contributed by atoms with Gasteiger partial charge in [-0.15, -0.1) is 0 Å². The number of hydrogen-bond donors (Lipinski definition) is 2. The average molecular weight is 312 g/mol. The fourth-order valence-electron chi connectivity index (χ4n) is 2.62. The molecule has 1 aromatic rings. The summed E-state index contributed by atoms with van der Waals surface area (Å²) in [6, 6.07) is 7.28. The van der Waals surface area contributed by atoms with Gasteiger partial charge in [0.2, 0.25) is 0 Å². The Morgan fingerprint density at radius 1 is 1.39 bits per heavy atom. The number of hydrogen-bond acceptors (Lipinski definition) is 2. The minimum atomic E-state index is 0.215. The summed E-state index contributed by atoms with van der Waals surface area (Å²) in [7, 11) is 0. The van der Waals surface area contributed by atoms with Crippen molar-refractivity contribution in [2.75, 3.05) is 6.61 Å². The zero-order chi connectivity index (χ0) is 13.1. The number of aryl methyl sites for hydroxylation is 1. The molecule has 0 bridgehead atoms. The van der Waals surface area contributed by atoms with Gasteiger partial charge < -0.3 is 10.4 Å². The van der Waals surface area contributed by atoms with Crippen LogP contribution in [0, 0.1) is 5.92 Å². The highest BCUT2D eigenvalue weighted by molar-refractivity contribution is 9.10. The number of benzene rings is 1. The molecule has 2 unspecified atom stereocenters. The summed E-state index contributed by atoms with van der Waals surface area (Å²) in [5, 5.41) is 13.0. The van der Waals surface area contributed by atoms with E-state index in [1.807, 2.05) is 0 Å². The van der Waals surface area contributed by atoms with E-state index in [1.54, 1.807) is 0 Å². The normalized spacial score (nSPS) is 20.8. The number of halogens is 1. The summed E-state index contributed by atoms with van der Waals surface area (Å²) in [6.07, 6.45) is 3.36. The van der Waals surface area contributed by atoms with Gasteiger partial charge in [0.25, 0.3) is 0 Å². The first-order chi connectivity index (χ1) is 8.60. The van der Waals surface area contributed by atoms with Gasteiger partial charge in [-0.2, -0.15) is 0 Å². The summed E-state index contributed by atoms with van der Waals surface area (Å²) in [4.78, 5) is 0. The third-order valence-electron chi connectivity index (χ3n) is 3.85. The zero-order valence-corrected chi connectivity index (χ0v) is 12.7. The monoisotopic (exact) mass is 311 g/mol. The maximum Gasteiger partial charge on any atom is 0.0587 e. The van der Waals surface area contributed by atoms with Gasteiger partial charge in [-0.25, -0.2) is 0 Å². The number of fused-ring (bicyclic) bond motifs is 1. The van der Waals surface area contributed by atoms with Crippen molar-refractivity contribution in [3.8, 4) is 0 Å². The molecule has 1 aromatic carbocycles. The van der Waals surface area contributed by atoms with E-state index in [4.69, 9.17) is 0 Å². The Kier molecular flexibility index (Phi) is 4.82. The lowest BCUT2D eigenvalue weighted by molar-refractivity contribution is 0.195. The molecule has 1 aliphatic carbocycles. The lowest BCUT2D eigenvalue weighted by Crippen LogP contribution is -2.46. The fraction of sp³-hybridized carbons (Fsp3) is 0.600. The molecule has 0 heterocycles. The average Bonchev–Trinajstić information content (AvgIpc) is 2.35. The van der Waals surface area contributed by atoms with Crippen molar-refractivity contribution in [3.05, 3.63) is 33.8 Å². The number of aliphatic hydroxyl groups excluding tert-OH is 1. The molecule has 0 amide bonds. The SMILES string of the molecule is CC(C)C(CO)NC1CCc2cc(Br)ccc2C1. The highest BCUT2D eigenvalue weighted by atomic mass is 79.9. The van der Waals surface area contributed by atoms with E-state index in [2.05, 4.69) is 53.3 Å². The van der Waals surface area contributed by atoms with Gasteiger partial charge in [0.15, 0.2) is 0 Å². The second-order valence-corrected chi connectivity index (χ2v) is 6.47. The van der Waals surface area contributed by atoms with Crippen LogP contribution in [0.4, 0.5) is 0 Å². The Labute approximate surface area is 118 Å². The van der Waals surface area contributed by atoms with Gasteiger partial charge in [0.1, 0.15) is 0 Å². The molecule has 2 N–H and O–H groups in total. The Hall–Kier alpha value is -0.380. The minimum absolute atomic E-state index is 0.215. The van der Waals surface area contributed by atoms with Crippen LogP contribution in [0.25, 0.3) is 0 Å². The third-order valence-corrected chi connectivity index (χ3v) is 4.34. The second kappa shape index (κ2) is 6.18. The standard InChI is InChI=1S/C15H22BrNO/c1-10(2)15(9-18)17-14-6-4-11-7-13(16)5-3-12(11)8-14/h3,5,7,10,14-15,17-18H,4,6,8-9H2,1-2H3. The first-order valence-corrected chi connectivity index (χ1v) is 7.53. The summed E-state index contributed by atoms with van der Waals surface area (Å²) in [5.74, 6) is 0.473. The highest BCUT2D eigenvalue weighted by Crippen LogP contribution is 2.25. The van der Waals surface area contributed by atoms with E-state index in [-0.39, 0.29) is 12.6 Å². The minimum Gasteiger partial charge on any atom is -0.395 e. The molecule has 1 aliphatic rings. The van der Waals surface area contributed by atoms with Crippen molar-refractivity contribution in [1.29, 1.82) is 0 Å².